The summed E-state index contributed by atoms with van der Waals surface area (Å²) < 4.78 is 5.97. The Bertz CT molecular complexity index is 440. The van der Waals surface area contributed by atoms with Crippen LogP contribution in [0.25, 0.3) is 0 Å². The quantitative estimate of drug-likeness (QED) is 0.640. The average Bonchev–Trinajstić information content (AvgIpc) is 2.29. The fraction of sp³-hybridized carbons (Fsp3) is 0.455. The number of aromatic nitrogens is 1. The van der Waals surface area contributed by atoms with Gasteiger partial charge < -0.3 is 15.4 Å². The molecule has 0 unspecified atom stereocenters. The predicted molar refractivity (Wildman–Crippen MR) is 74.1 cm³/mol. The van der Waals surface area contributed by atoms with Crippen molar-refractivity contribution >= 4 is 44.8 Å². The molecule has 18 heavy (non-hydrogen) atoms. The van der Waals surface area contributed by atoms with Gasteiger partial charge in [0.1, 0.15) is 10.5 Å². The first-order valence-electron chi connectivity index (χ1n) is 5.56. The Morgan fingerprint density at radius 1 is 1.61 bits per heavy atom. The van der Waals surface area contributed by atoms with Gasteiger partial charge in [-0.3, -0.25) is 4.79 Å². The van der Waals surface area contributed by atoms with Crippen molar-refractivity contribution in [1.29, 1.82) is 0 Å². The zero-order valence-corrected chi connectivity index (χ0v) is 11.9. The second-order valence-electron chi connectivity index (χ2n) is 3.90. The van der Waals surface area contributed by atoms with Crippen LogP contribution in [0, 0.1) is 0 Å². The molecule has 0 bridgehead atoms. The Morgan fingerprint density at radius 2 is 2.39 bits per heavy atom. The van der Waals surface area contributed by atoms with Gasteiger partial charge in [-0.25, -0.2) is 4.98 Å². The molecule has 1 aliphatic heterocycles. The first-order chi connectivity index (χ1) is 8.69. The standard InChI is InChI=1S/C11H13BrClN3O2/c12-10-3-8(16-11(17)4-13)9(6-15-10)14-5-7-1-2-18-7/h3,6-7,14H,1-2,4-5H2,(H,15,16,17)/t7-/m0/s1. The van der Waals surface area contributed by atoms with E-state index in [4.69, 9.17) is 16.3 Å². The summed E-state index contributed by atoms with van der Waals surface area (Å²) in [5, 5.41) is 5.92. The van der Waals surface area contributed by atoms with E-state index < -0.39 is 0 Å². The predicted octanol–water partition coefficient (Wildman–Crippen LogP) is 2.22. The highest BCUT2D eigenvalue weighted by atomic mass is 79.9. The fourth-order valence-corrected chi connectivity index (χ4v) is 1.93. The van der Waals surface area contributed by atoms with Crippen LogP contribution in [0.2, 0.25) is 0 Å². The van der Waals surface area contributed by atoms with E-state index in [1.807, 2.05) is 0 Å². The summed E-state index contributed by atoms with van der Waals surface area (Å²) >= 11 is 8.74. The number of anilines is 2. The van der Waals surface area contributed by atoms with Crippen molar-refractivity contribution in [2.75, 3.05) is 29.7 Å². The number of carbonyl (C=O) groups is 1. The summed E-state index contributed by atoms with van der Waals surface area (Å²) in [6.07, 6.45) is 2.96. The largest absolute Gasteiger partial charge is 0.380 e. The average molecular weight is 335 g/mol. The normalized spacial score (nSPS) is 18.0. The number of nitrogens with one attached hydrogen (secondary N) is 2. The Kier molecular flexibility index (Phi) is 4.79. The third-order valence-electron chi connectivity index (χ3n) is 2.58. The van der Waals surface area contributed by atoms with Crippen LogP contribution in [0.15, 0.2) is 16.9 Å². The molecule has 1 aliphatic rings. The van der Waals surface area contributed by atoms with Gasteiger partial charge >= 0.3 is 0 Å². The minimum Gasteiger partial charge on any atom is -0.380 e. The summed E-state index contributed by atoms with van der Waals surface area (Å²) in [4.78, 5) is 15.4. The zero-order chi connectivity index (χ0) is 13.0. The molecule has 0 aromatic carbocycles. The van der Waals surface area contributed by atoms with E-state index in [2.05, 4.69) is 31.5 Å². The number of carbonyl (C=O) groups excluding carboxylic acids is 1. The minimum atomic E-state index is -0.252. The Hall–Kier alpha value is -0.850. The van der Waals surface area contributed by atoms with E-state index in [-0.39, 0.29) is 17.9 Å². The van der Waals surface area contributed by atoms with Gasteiger partial charge in [-0.05, 0) is 28.4 Å². The molecular weight excluding hydrogens is 321 g/mol. The summed E-state index contributed by atoms with van der Waals surface area (Å²) in [6.45, 7) is 1.52. The molecule has 1 amide bonds. The van der Waals surface area contributed by atoms with Crippen LogP contribution in [0.3, 0.4) is 0 Å². The SMILES string of the molecule is O=C(CCl)Nc1cc(Br)ncc1NC[C@@H]1CCO1. The summed E-state index contributed by atoms with van der Waals surface area (Å²) in [6, 6.07) is 1.73. The number of hydrogen-bond donors (Lipinski definition) is 2. The number of nitrogens with zero attached hydrogens (tertiary/aromatic N) is 1. The third-order valence-corrected chi connectivity index (χ3v) is 3.26. The first kappa shape index (κ1) is 13.6. The number of rotatable bonds is 5. The monoisotopic (exact) mass is 333 g/mol. The molecule has 2 N–H and O–H groups in total. The highest BCUT2D eigenvalue weighted by Crippen LogP contribution is 2.24. The van der Waals surface area contributed by atoms with Gasteiger partial charge in [0.25, 0.3) is 0 Å². The van der Waals surface area contributed by atoms with E-state index in [9.17, 15) is 4.79 Å². The maximum Gasteiger partial charge on any atom is 0.239 e. The fourth-order valence-electron chi connectivity index (χ4n) is 1.53. The van der Waals surface area contributed by atoms with Crippen LogP contribution < -0.4 is 10.6 Å². The lowest BCUT2D eigenvalue weighted by Crippen LogP contribution is -2.33. The summed E-state index contributed by atoms with van der Waals surface area (Å²) in [5.74, 6) is -0.330. The van der Waals surface area contributed by atoms with Gasteiger partial charge in [0.2, 0.25) is 5.91 Å². The van der Waals surface area contributed by atoms with Gasteiger partial charge in [0, 0.05) is 13.2 Å². The molecule has 5 nitrogen and oxygen atoms in total. The minimum absolute atomic E-state index is 0.0783. The molecule has 1 saturated heterocycles. The van der Waals surface area contributed by atoms with E-state index in [0.717, 1.165) is 18.7 Å². The molecule has 0 radical (unpaired) electrons. The van der Waals surface area contributed by atoms with Crippen molar-refractivity contribution in [3.8, 4) is 0 Å². The number of pyridine rings is 1. The lowest BCUT2D eigenvalue weighted by molar-refractivity contribution is -0.113. The molecule has 2 rings (SSSR count). The van der Waals surface area contributed by atoms with E-state index >= 15 is 0 Å². The molecular formula is C11H13BrClN3O2. The summed E-state index contributed by atoms with van der Waals surface area (Å²) in [5.41, 5.74) is 1.41. The smallest absolute Gasteiger partial charge is 0.239 e. The van der Waals surface area contributed by atoms with Crippen molar-refractivity contribution in [3.63, 3.8) is 0 Å². The second kappa shape index (κ2) is 6.36. The van der Waals surface area contributed by atoms with Crippen LogP contribution in [-0.2, 0) is 9.53 Å². The van der Waals surface area contributed by atoms with E-state index in [1.165, 1.54) is 0 Å². The second-order valence-corrected chi connectivity index (χ2v) is 4.98. The Labute approximate surface area is 118 Å². The van der Waals surface area contributed by atoms with Crippen LogP contribution in [0.4, 0.5) is 11.4 Å². The molecule has 7 heteroatoms. The third kappa shape index (κ3) is 3.57. The summed E-state index contributed by atoms with van der Waals surface area (Å²) in [7, 11) is 0. The van der Waals surface area contributed by atoms with Crippen molar-refractivity contribution in [3.05, 3.63) is 16.9 Å². The maximum atomic E-state index is 11.3. The van der Waals surface area contributed by atoms with Gasteiger partial charge in [-0.15, -0.1) is 11.6 Å². The van der Waals surface area contributed by atoms with Crippen molar-refractivity contribution in [1.82, 2.24) is 4.98 Å². The lowest BCUT2D eigenvalue weighted by atomic mass is 10.2. The number of halogens is 2. The van der Waals surface area contributed by atoms with Gasteiger partial charge in [0.05, 0.1) is 23.7 Å². The topological polar surface area (TPSA) is 63.2 Å². The van der Waals surface area contributed by atoms with Crippen LogP contribution in [0.5, 0.6) is 0 Å². The van der Waals surface area contributed by atoms with Crippen LogP contribution in [0.1, 0.15) is 6.42 Å². The first-order valence-corrected chi connectivity index (χ1v) is 6.88. The molecule has 98 valence electrons. The molecule has 1 aromatic rings. The molecule has 1 aromatic heterocycles. The highest BCUT2D eigenvalue weighted by Gasteiger charge is 2.18. The highest BCUT2D eigenvalue weighted by molar-refractivity contribution is 9.10. The number of ether oxygens (including phenoxy) is 1. The molecule has 0 spiro atoms. The lowest BCUT2D eigenvalue weighted by Gasteiger charge is -2.27. The Morgan fingerprint density at radius 3 is 3.00 bits per heavy atom. The van der Waals surface area contributed by atoms with E-state index in [1.54, 1.807) is 12.3 Å². The maximum absolute atomic E-state index is 11.3. The number of alkyl halides is 1. The van der Waals surface area contributed by atoms with E-state index in [0.29, 0.717) is 16.8 Å². The molecule has 0 saturated carbocycles. The van der Waals surface area contributed by atoms with Crippen molar-refractivity contribution < 1.29 is 9.53 Å². The van der Waals surface area contributed by atoms with Crippen molar-refractivity contribution in [2.45, 2.75) is 12.5 Å². The van der Waals surface area contributed by atoms with Gasteiger partial charge in [-0.1, -0.05) is 0 Å². The van der Waals surface area contributed by atoms with Crippen LogP contribution in [-0.4, -0.2) is 36.0 Å². The van der Waals surface area contributed by atoms with Gasteiger partial charge in [0.15, 0.2) is 0 Å². The zero-order valence-electron chi connectivity index (χ0n) is 9.58. The Balaban J connectivity index is 2.04. The number of hydrogen-bond acceptors (Lipinski definition) is 4. The molecule has 0 aliphatic carbocycles. The van der Waals surface area contributed by atoms with Gasteiger partial charge in [-0.2, -0.15) is 0 Å². The number of amides is 1. The molecule has 1 atom stereocenters. The van der Waals surface area contributed by atoms with Crippen LogP contribution >= 0.6 is 27.5 Å². The molecule has 1 fully saturated rings. The molecule has 2 heterocycles. The van der Waals surface area contributed by atoms with Crippen molar-refractivity contribution in [2.24, 2.45) is 0 Å².